The quantitative estimate of drug-likeness (QED) is 0.0261. The SMILES string of the molecule is O=C(O)CCC(NC(=O)c1ccc(F)nc1)C(=O)NC(CCC(=O)O)C(=O)NCc1ccc(C(=O)NC(Cc2ccc3ccccc3c2)C(=O)NCCCCC(NC(=O)N[C@@H](CCC(=O)O)C(=O)O)C(=O)O)cc1. The van der Waals surface area contributed by atoms with Crippen LogP contribution in [0.5, 0.6) is 0 Å². The van der Waals surface area contributed by atoms with Gasteiger partial charge in [0.15, 0.2) is 0 Å². The standard InChI is InChI=1S/C49H55FN8O16/c50-38-18-14-32(26-52-38)43(66)54-34(16-20-40(61)62)46(69)55-33(15-19-39(59)60)44(67)53-25-27-8-12-30(13-9-27)42(65)56-37(24-28-10-11-29-5-1-2-6-31(29)23-28)45(68)51-22-4-3-7-35(47(70)71)57-49(74)58-36(48(72)73)17-21-41(63)64/h1-2,5-6,8-14,18,23,26,33-37H,3-4,7,15-17,19-22,24-25H2,(H,51,68)(H,53,67)(H,54,66)(H,55,69)(H,56,65)(H,59,60)(H,61,62)(H,63,64)(H,70,71)(H,72,73)(H2,57,58,74)/t33?,34?,35?,36-,37?/m0/s1. The molecule has 0 bridgehead atoms. The van der Waals surface area contributed by atoms with Crippen molar-refractivity contribution in [1.29, 1.82) is 0 Å². The highest BCUT2D eigenvalue weighted by Crippen LogP contribution is 2.18. The van der Waals surface area contributed by atoms with Crippen LogP contribution in [0.3, 0.4) is 0 Å². The molecule has 12 N–H and O–H groups in total. The molecule has 394 valence electrons. The maximum absolute atomic E-state index is 13.7. The molecule has 4 unspecified atom stereocenters. The van der Waals surface area contributed by atoms with Gasteiger partial charge in [-0.2, -0.15) is 4.39 Å². The lowest BCUT2D eigenvalue weighted by Crippen LogP contribution is -2.53. The third-order valence-electron chi connectivity index (χ3n) is 11.2. The number of hydrogen-bond donors (Lipinski definition) is 12. The summed E-state index contributed by atoms with van der Waals surface area (Å²) in [6.45, 7) is -0.156. The highest BCUT2D eigenvalue weighted by atomic mass is 19.1. The van der Waals surface area contributed by atoms with Gasteiger partial charge < -0.3 is 62.8 Å². The van der Waals surface area contributed by atoms with Gasteiger partial charge in [-0.05, 0) is 84.7 Å². The van der Waals surface area contributed by atoms with E-state index in [4.69, 9.17) is 5.11 Å². The number of fused-ring (bicyclic) bond motifs is 1. The third-order valence-corrected chi connectivity index (χ3v) is 11.2. The number of rotatable bonds is 30. The summed E-state index contributed by atoms with van der Waals surface area (Å²) in [5, 5.41) is 65.2. The number of carboxylic acids is 5. The van der Waals surface area contributed by atoms with Gasteiger partial charge in [0.05, 0.1) is 5.56 Å². The molecule has 5 atom stereocenters. The van der Waals surface area contributed by atoms with Crippen molar-refractivity contribution in [2.24, 2.45) is 0 Å². The average Bonchev–Trinajstić information content (AvgIpc) is 3.35. The predicted molar refractivity (Wildman–Crippen MR) is 257 cm³/mol. The summed E-state index contributed by atoms with van der Waals surface area (Å²) >= 11 is 0. The normalized spacial score (nSPS) is 12.8. The fraction of sp³-hybridized carbons (Fsp3) is 0.347. The van der Waals surface area contributed by atoms with Crippen molar-refractivity contribution in [3.8, 4) is 0 Å². The lowest BCUT2D eigenvalue weighted by molar-refractivity contribution is -0.141. The van der Waals surface area contributed by atoms with Crippen LogP contribution >= 0.6 is 0 Å². The largest absolute Gasteiger partial charge is 0.481 e. The highest BCUT2D eigenvalue weighted by Gasteiger charge is 2.29. The number of aliphatic carboxylic acids is 5. The van der Waals surface area contributed by atoms with E-state index < -0.39 is 140 Å². The Bertz CT molecular complexity index is 2690. The van der Waals surface area contributed by atoms with E-state index >= 15 is 0 Å². The first-order chi connectivity index (χ1) is 35.2. The monoisotopic (exact) mass is 1030 g/mol. The molecule has 0 aliphatic rings. The lowest BCUT2D eigenvalue weighted by atomic mass is 10.0. The van der Waals surface area contributed by atoms with Crippen molar-refractivity contribution >= 4 is 76.2 Å². The topological polar surface area (TPSA) is 386 Å². The van der Waals surface area contributed by atoms with E-state index in [-0.39, 0.29) is 49.9 Å². The maximum Gasteiger partial charge on any atom is 0.326 e. The van der Waals surface area contributed by atoms with Gasteiger partial charge >= 0.3 is 35.9 Å². The lowest BCUT2D eigenvalue weighted by Gasteiger charge is -2.23. The molecule has 3 aromatic carbocycles. The number of aromatic nitrogens is 1. The number of nitrogens with one attached hydrogen (secondary N) is 7. The molecule has 4 rings (SSSR count). The molecule has 0 saturated carbocycles. The molecule has 0 aliphatic heterocycles. The number of carboxylic acid groups (broad SMARTS) is 5. The second-order valence-electron chi connectivity index (χ2n) is 16.8. The average molecular weight is 1030 g/mol. The summed E-state index contributed by atoms with van der Waals surface area (Å²) in [6.07, 6.45) is -1.76. The number of urea groups is 1. The summed E-state index contributed by atoms with van der Waals surface area (Å²) in [5.74, 6) is -11.7. The molecular formula is C49H55FN8O16. The molecule has 1 heterocycles. The molecule has 7 amide bonds. The van der Waals surface area contributed by atoms with Crippen LogP contribution < -0.4 is 37.2 Å². The molecule has 25 heteroatoms. The molecule has 0 radical (unpaired) electrons. The van der Waals surface area contributed by atoms with Crippen LogP contribution in [0.15, 0.2) is 85.1 Å². The Balaban J connectivity index is 1.38. The molecule has 0 spiro atoms. The molecule has 1 aromatic heterocycles. The van der Waals surface area contributed by atoms with Gasteiger partial charge in [-0.3, -0.25) is 38.4 Å². The zero-order chi connectivity index (χ0) is 54.3. The number of nitrogens with zero attached hydrogens (tertiary/aromatic N) is 1. The minimum absolute atomic E-state index is 0.0241. The van der Waals surface area contributed by atoms with Crippen molar-refractivity contribution in [2.45, 2.75) is 101 Å². The molecular weight excluding hydrogens is 976 g/mol. The Morgan fingerprint density at radius 3 is 1.58 bits per heavy atom. The number of halogens is 1. The van der Waals surface area contributed by atoms with E-state index in [1.54, 1.807) is 6.07 Å². The van der Waals surface area contributed by atoms with E-state index in [1.807, 2.05) is 41.7 Å². The zero-order valence-corrected chi connectivity index (χ0v) is 39.5. The first-order valence-electron chi connectivity index (χ1n) is 23.0. The summed E-state index contributed by atoms with van der Waals surface area (Å²) in [7, 11) is 0. The van der Waals surface area contributed by atoms with Crippen molar-refractivity contribution in [3.05, 3.63) is 113 Å². The van der Waals surface area contributed by atoms with Crippen molar-refractivity contribution in [3.63, 3.8) is 0 Å². The van der Waals surface area contributed by atoms with Gasteiger partial charge in [0.1, 0.15) is 30.2 Å². The summed E-state index contributed by atoms with van der Waals surface area (Å²) in [5.41, 5.74) is 1.12. The fourth-order valence-corrected chi connectivity index (χ4v) is 7.18. The van der Waals surface area contributed by atoms with Crippen LogP contribution in [-0.2, 0) is 51.3 Å². The molecule has 0 saturated heterocycles. The van der Waals surface area contributed by atoms with Gasteiger partial charge in [-0.25, -0.2) is 19.4 Å². The van der Waals surface area contributed by atoms with Gasteiger partial charge in [0.2, 0.25) is 23.7 Å². The Morgan fingerprint density at radius 1 is 0.486 bits per heavy atom. The smallest absolute Gasteiger partial charge is 0.326 e. The Morgan fingerprint density at radius 2 is 1.00 bits per heavy atom. The summed E-state index contributed by atoms with van der Waals surface area (Å²) in [6, 6.07) is 12.6. The molecule has 0 fully saturated rings. The predicted octanol–water partition coefficient (Wildman–Crippen LogP) is 1.70. The van der Waals surface area contributed by atoms with Crippen molar-refractivity contribution < 1.29 is 82.7 Å². The van der Waals surface area contributed by atoms with Gasteiger partial charge in [-0.15, -0.1) is 0 Å². The number of pyridine rings is 1. The number of amides is 7. The summed E-state index contributed by atoms with van der Waals surface area (Å²) in [4.78, 5) is 140. The fourth-order valence-electron chi connectivity index (χ4n) is 7.18. The number of benzene rings is 3. The van der Waals surface area contributed by atoms with Gasteiger partial charge in [0.25, 0.3) is 11.8 Å². The highest BCUT2D eigenvalue weighted by molar-refractivity contribution is 5.99. The maximum atomic E-state index is 13.7. The van der Waals surface area contributed by atoms with Crippen molar-refractivity contribution in [1.82, 2.24) is 42.2 Å². The van der Waals surface area contributed by atoms with E-state index in [1.165, 1.54) is 24.3 Å². The van der Waals surface area contributed by atoms with Crippen LogP contribution in [0, 0.1) is 5.95 Å². The first-order valence-corrected chi connectivity index (χ1v) is 23.0. The molecule has 4 aromatic rings. The summed E-state index contributed by atoms with van der Waals surface area (Å²) < 4.78 is 13.3. The van der Waals surface area contributed by atoms with E-state index in [2.05, 4.69) is 36.9 Å². The first kappa shape index (κ1) is 57.5. The molecule has 0 aliphatic carbocycles. The van der Waals surface area contributed by atoms with E-state index in [0.717, 1.165) is 29.1 Å². The third kappa shape index (κ3) is 19.6. The number of unbranched alkanes of at least 4 members (excludes halogenated alkanes) is 1. The minimum atomic E-state index is -1.58. The van der Waals surface area contributed by atoms with Crippen LogP contribution in [0.4, 0.5) is 9.18 Å². The zero-order valence-electron chi connectivity index (χ0n) is 39.5. The Hall–Kier alpha value is -9.03. The second-order valence-corrected chi connectivity index (χ2v) is 16.8. The number of carbonyl (C=O) groups excluding carboxylic acids is 6. The Kier molecular flexibility index (Phi) is 22.3. The minimum Gasteiger partial charge on any atom is -0.481 e. The Labute approximate surface area is 420 Å². The number of hydrogen-bond acceptors (Lipinski definition) is 12. The molecule has 24 nitrogen and oxygen atoms in total. The van der Waals surface area contributed by atoms with E-state index in [9.17, 15) is 77.6 Å². The molecule has 74 heavy (non-hydrogen) atoms. The van der Waals surface area contributed by atoms with Gasteiger partial charge in [-0.1, -0.05) is 54.6 Å². The van der Waals surface area contributed by atoms with E-state index in [0.29, 0.717) is 11.1 Å². The van der Waals surface area contributed by atoms with Crippen LogP contribution in [-0.4, -0.2) is 133 Å². The number of carbonyl (C=O) groups is 11. The van der Waals surface area contributed by atoms with Gasteiger partial charge in [0, 0.05) is 50.5 Å². The van der Waals surface area contributed by atoms with Crippen LogP contribution in [0.1, 0.15) is 89.6 Å². The van der Waals surface area contributed by atoms with Crippen LogP contribution in [0.25, 0.3) is 10.8 Å². The van der Waals surface area contributed by atoms with Crippen LogP contribution in [0.2, 0.25) is 0 Å². The van der Waals surface area contributed by atoms with Crippen molar-refractivity contribution in [2.75, 3.05) is 6.54 Å². The second kappa shape index (κ2) is 28.7.